The van der Waals surface area contributed by atoms with Crippen molar-refractivity contribution in [3.8, 4) is 11.8 Å². The fourth-order valence-corrected chi connectivity index (χ4v) is 1.43. The SMILES string of the molecule is CC.N#Cc1ccc2c(c1)CCCO2. The molecule has 0 amide bonds. The summed E-state index contributed by atoms with van der Waals surface area (Å²) in [6, 6.07) is 7.71. The maximum Gasteiger partial charge on any atom is 0.122 e. The number of nitriles is 1. The zero-order valence-corrected chi connectivity index (χ0v) is 8.71. The normalized spacial score (nSPS) is 12.6. The van der Waals surface area contributed by atoms with Crippen LogP contribution in [-0.4, -0.2) is 6.61 Å². The molecule has 0 saturated heterocycles. The highest BCUT2D eigenvalue weighted by Crippen LogP contribution is 2.24. The van der Waals surface area contributed by atoms with Crippen LogP contribution >= 0.6 is 0 Å². The molecule has 0 spiro atoms. The van der Waals surface area contributed by atoms with Gasteiger partial charge in [-0.1, -0.05) is 13.8 Å². The van der Waals surface area contributed by atoms with Crippen LogP contribution in [0.15, 0.2) is 18.2 Å². The molecule has 1 heterocycles. The van der Waals surface area contributed by atoms with Crippen molar-refractivity contribution in [2.45, 2.75) is 26.7 Å². The molecule has 2 heteroatoms. The van der Waals surface area contributed by atoms with E-state index in [1.165, 1.54) is 5.56 Å². The van der Waals surface area contributed by atoms with Gasteiger partial charge >= 0.3 is 0 Å². The molecule has 1 aromatic carbocycles. The predicted molar refractivity (Wildman–Crippen MR) is 56.3 cm³/mol. The van der Waals surface area contributed by atoms with Gasteiger partial charge in [0.15, 0.2) is 0 Å². The quantitative estimate of drug-likeness (QED) is 0.628. The van der Waals surface area contributed by atoms with E-state index in [9.17, 15) is 0 Å². The first-order valence-corrected chi connectivity index (χ1v) is 5.06. The van der Waals surface area contributed by atoms with Crippen LogP contribution in [0.3, 0.4) is 0 Å². The lowest BCUT2D eigenvalue weighted by atomic mass is 10.0. The Morgan fingerprint density at radius 2 is 2.14 bits per heavy atom. The third-order valence-electron chi connectivity index (χ3n) is 2.04. The molecule has 0 fully saturated rings. The van der Waals surface area contributed by atoms with Crippen molar-refractivity contribution in [3.63, 3.8) is 0 Å². The van der Waals surface area contributed by atoms with Gasteiger partial charge in [0.2, 0.25) is 0 Å². The highest BCUT2D eigenvalue weighted by molar-refractivity contribution is 5.42. The molecular weight excluding hydrogens is 174 g/mol. The Balaban J connectivity index is 0.000000461. The summed E-state index contributed by atoms with van der Waals surface area (Å²) in [5.41, 5.74) is 1.89. The first-order chi connectivity index (χ1) is 6.90. The molecule has 2 nitrogen and oxygen atoms in total. The highest BCUT2D eigenvalue weighted by atomic mass is 16.5. The highest BCUT2D eigenvalue weighted by Gasteiger charge is 2.09. The number of nitrogens with zero attached hydrogens (tertiary/aromatic N) is 1. The molecule has 0 saturated carbocycles. The molecule has 0 atom stereocenters. The monoisotopic (exact) mass is 189 g/mol. The lowest BCUT2D eigenvalue weighted by Crippen LogP contribution is -2.08. The second-order valence-electron chi connectivity index (χ2n) is 2.89. The number of ether oxygens (including phenoxy) is 1. The van der Waals surface area contributed by atoms with Crippen LogP contribution in [0.4, 0.5) is 0 Å². The minimum Gasteiger partial charge on any atom is -0.493 e. The third kappa shape index (κ3) is 2.26. The summed E-state index contributed by atoms with van der Waals surface area (Å²) in [6.07, 6.45) is 2.09. The van der Waals surface area contributed by atoms with E-state index in [0.29, 0.717) is 0 Å². The summed E-state index contributed by atoms with van der Waals surface area (Å²) in [7, 11) is 0. The zero-order chi connectivity index (χ0) is 10.4. The Bertz CT molecular complexity index is 339. The fraction of sp³-hybridized carbons (Fsp3) is 0.417. The summed E-state index contributed by atoms with van der Waals surface area (Å²) >= 11 is 0. The van der Waals surface area contributed by atoms with E-state index in [4.69, 9.17) is 10.00 Å². The minimum absolute atomic E-state index is 0.722. The topological polar surface area (TPSA) is 33.0 Å². The number of fused-ring (bicyclic) bond motifs is 1. The molecule has 0 aliphatic carbocycles. The number of benzene rings is 1. The fourth-order valence-electron chi connectivity index (χ4n) is 1.43. The average Bonchev–Trinajstić information content (AvgIpc) is 2.31. The third-order valence-corrected chi connectivity index (χ3v) is 2.04. The van der Waals surface area contributed by atoms with Gasteiger partial charge in [0.05, 0.1) is 18.2 Å². The van der Waals surface area contributed by atoms with E-state index >= 15 is 0 Å². The van der Waals surface area contributed by atoms with E-state index in [-0.39, 0.29) is 0 Å². The molecule has 1 aliphatic rings. The summed E-state index contributed by atoms with van der Waals surface area (Å²) in [4.78, 5) is 0. The standard InChI is InChI=1S/C10H9NO.C2H6/c11-7-8-3-4-10-9(6-8)2-1-5-12-10;1-2/h3-4,6H,1-2,5H2;1-2H3. The van der Waals surface area contributed by atoms with E-state index in [1.807, 2.05) is 26.0 Å². The number of hydrogen-bond acceptors (Lipinski definition) is 2. The second-order valence-corrected chi connectivity index (χ2v) is 2.89. The Kier molecular flexibility index (Phi) is 4.00. The minimum atomic E-state index is 0.722. The Labute approximate surface area is 85.1 Å². The maximum absolute atomic E-state index is 8.65. The van der Waals surface area contributed by atoms with Crippen LogP contribution in [0.2, 0.25) is 0 Å². The van der Waals surface area contributed by atoms with Gasteiger partial charge in [-0.05, 0) is 36.6 Å². The van der Waals surface area contributed by atoms with Crippen molar-refractivity contribution in [1.82, 2.24) is 0 Å². The van der Waals surface area contributed by atoms with Crippen molar-refractivity contribution < 1.29 is 4.74 Å². The Morgan fingerprint density at radius 1 is 1.36 bits per heavy atom. The van der Waals surface area contributed by atoms with Crippen LogP contribution in [0, 0.1) is 11.3 Å². The molecule has 74 valence electrons. The number of rotatable bonds is 0. The van der Waals surface area contributed by atoms with Crippen molar-refractivity contribution >= 4 is 0 Å². The van der Waals surface area contributed by atoms with Gasteiger partial charge in [-0.2, -0.15) is 5.26 Å². The summed E-state index contributed by atoms with van der Waals surface area (Å²) in [6.45, 7) is 4.80. The summed E-state index contributed by atoms with van der Waals surface area (Å²) < 4.78 is 5.41. The van der Waals surface area contributed by atoms with Gasteiger partial charge in [0.25, 0.3) is 0 Å². The largest absolute Gasteiger partial charge is 0.493 e. The molecule has 0 aromatic heterocycles. The van der Waals surface area contributed by atoms with E-state index in [0.717, 1.165) is 30.8 Å². The smallest absolute Gasteiger partial charge is 0.122 e. The molecular formula is C12H15NO. The van der Waals surface area contributed by atoms with Crippen LogP contribution < -0.4 is 4.74 Å². The van der Waals surface area contributed by atoms with Gasteiger partial charge in [0.1, 0.15) is 5.75 Å². The molecule has 14 heavy (non-hydrogen) atoms. The van der Waals surface area contributed by atoms with Gasteiger partial charge in [-0.3, -0.25) is 0 Å². The van der Waals surface area contributed by atoms with Crippen molar-refractivity contribution in [2.75, 3.05) is 6.61 Å². The van der Waals surface area contributed by atoms with Crippen molar-refractivity contribution in [2.24, 2.45) is 0 Å². The summed E-state index contributed by atoms with van der Waals surface area (Å²) in [5, 5.41) is 8.65. The first-order valence-electron chi connectivity index (χ1n) is 5.06. The molecule has 1 aromatic rings. The van der Waals surface area contributed by atoms with E-state index < -0.39 is 0 Å². The van der Waals surface area contributed by atoms with E-state index in [1.54, 1.807) is 6.07 Å². The Morgan fingerprint density at radius 3 is 2.86 bits per heavy atom. The van der Waals surface area contributed by atoms with Crippen LogP contribution in [0.1, 0.15) is 31.4 Å². The second kappa shape index (κ2) is 5.29. The molecule has 0 radical (unpaired) electrons. The first kappa shape index (κ1) is 10.6. The Hall–Kier alpha value is -1.49. The number of aryl methyl sites for hydroxylation is 1. The molecule has 0 N–H and O–H groups in total. The lowest BCUT2D eigenvalue weighted by molar-refractivity contribution is 0.288. The molecule has 2 rings (SSSR count). The maximum atomic E-state index is 8.65. The summed E-state index contributed by atoms with van der Waals surface area (Å²) in [5.74, 6) is 0.945. The molecule has 0 unspecified atom stereocenters. The van der Waals surface area contributed by atoms with Gasteiger partial charge < -0.3 is 4.74 Å². The lowest BCUT2D eigenvalue weighted by Gasteiger charge is -2.16. The van der Waals surface area contributed by atoms with Gasteiger partial charge in [0, 0.05) is 0 Å². The predicted octanol–water partition coefficient (Wildman–Crippen LogP) is 2.91. The van der Waals surface area contributed by atoms with Crippen molar-refractivity contribution in [1.29, 1.82) is 5.26 Å². The van der Waals surface area contributed by atoms with Crippen molar-refractivity contribution in [3.05, 3.63) is 29.3 Å². The average molecular weight is 189 g/mol. The molecule has 1 aliphatic heterocycles. The zero-order valence-electron chi connectivity index (χ0n) is 8.71. The van der Waals surface area contributed by atoms with Crippen LogP contribution in [0.25, 0.3) is 0 Å². The molecule has 0 bridgehead atoms. The van der Waals surface area contributed by atoms with Gasteiger partial charge in [-0.15, -0.1) is 0 Å². The number of hydrogen-bond donors (Lipinski definition) is 0. The van der Waals surface area contributed by atoms with E-state index in [2.05, 4.69) is 6.07 Å². The van der Waals surface area contributed by atoms with Crippen LogP contribution in [-0.2, 0) is 6.42 Å². The van der Waals surface area contributed by atoms with Gasteiger partial charge in [-0.25, -0.2) is 0 Å². The van der Waals surface area contributed by atoms with Crippen LogP contribution in [0.5, 0.6) is 5.75 Å².